The van der Waals surface area contributed by atoms with Crippen molar-refractivity contribution in [2.45, 2.75) is 25.8 Å². The van der Waals surface area contributed by atoms with E-state index in [-0.39, 0.29) is 23.7 Å². The number of quaternary nitrogens is 1. The minimum Gasteiger partial charge on any atom is -1.00 e. The average Bonchev–Trinajstić information content (AvgIpc) is 2.13. The summed E-state index contributed by atoms with van der Waals surface area (Å²) in [7, 11) is 2.86. The van der Waals surface area contributed by atoms with Gasteiger partial charge in [0.2, 0.25) is 10.0 Å². The van der Waals surface area contributed by atoms with Crippen molar-refractivity contribution < 1.29 is 25.3 Å². The van der Waals surface area contributed by atoms with Gasteiger partial charge in [0.1, 0.15) is 0 Å². The van der Waals surface area contributed by atoms with Crippen molar-refractivity contribution in [2.24, 2.45) is 0 Å². The normalized spacial score (nSPS) is 13.2. The largest absolute Gasteiger partial charge is 1.00 e. The molecule has 0 radical (unpaired) electrons. The van der Waals surface area contributed by atoms with E-state index in [0.717, 1.165) is 11.0 Å². The highest BCUT2D eigenvalue weighted by molar-refractivity contribution is 7.89. The summed E-state index contributed by atoms with van der Waals surface area (Å²) in [5.74, 6) is 0.0802. The smallest absolute Gasteiger partial charge is 0.211 e. The summed E-state index contributed by atoms with van der Waals surface area (Å²) in [5.41, 5.74) is -0.379. The Hall–Kier alpha value is 0.410. The van der Waals surface area contributed by atoms with Crippen LogP contribution >= 0.6 is 11.8 Å². The molecule has 0 rings (SSSR count). The Labute approximate surface area is 122 Å². The van der Waals surface area contributed by atoms with Gasteiger partial charge in [-0.2, -0.15) is 0 Å². The zero-order valence-corrected chi connectivity index (χ0v) is 14.1. The molecular formula is C10H25Cl2N3O2S. The third-order valence-electron chi connectivity index (χ3n) is 2.36. The Morgan fingerprint density at radius 3 is 2.11 bits per heavy atom. The van der Waals surface area contributed by atoms with Crippen molar-refractivity contribution >= 4 is 21.8 Å². The Morgan fingerprint density at radius 2 is 1.72 bits per heavy atom. The fourth-order valence-corrected chi connectivity index (χ4v) is 2.47. The van der Waals surface area contributed by atoms with E-state index in [1.54, 1.807) is 0 Å². The third-order valence-corrected chi connectivity index (χ3v) is 4.25. The molecule has 2 N–H and O–H groups in total. The second kappa shape index (κ2) is 7.87. The first kappa shape index (κ1) is 20.7. The number of nitrogens with zero attached hydrogens (tertiary/aromatic N) is 1. The highest BCUT2D eigenvalue weighted by Gasteiger charge is 2.21. The van der Waals surface area contributed by atoms with Gasteiger partial charge in [0.05, 0.1) is 40.0 Å². The summed E-state index contributed by atoms with van der Waals surface area (Å²) in [6.45, 7) is 4.94. The molecule has 0 spiro atoms. The minimum atomic E-state index is -3.21. The predicted octanol–water partition coefficient (Wildman–Crippen LogP) is -2.47. The van der Waals surface area contributed by atoms with Crippen LogP contribution in [-0.2, 0) is 10.0 Å². The monoisotopic (exact) mass is 321 g/mol. The Morgan fingerprint density at radius 1 is 1.22 bits per heavy atom. The molecule has 0 fully saturated rings. The maximum Gasteiger partial charge on any atom is 0.211 e. The van der Waals surface area contributed by atoms with Crippen LogP contribution in [0.1, 0.15) is 20.3 Å². The molecule has 5 nitrogen and oxygen atoms in total. The highest BCUT2D eigenvalue weighted by Crippen LogP contribution is 2.10. The zero-order chi connectivity index (χ0) is 13.7. The molecule has 18 heavy (non-hydrogen) atoms. The quantitative estimate of drug-likeness (QED) is 0.385. The summed E-state index contributed by atoms with van der Waals surface area (Å²) in [6, 6.07) is 0. The van der Waals surface area contributed by atoms with Gasteiger partial charge in [0.25, 0.3) is 0 Å². The fourth-order valence-electron chi connectivity index (χ4n) is 1.05. The Bertz CT molecular complexity index is 327. The van der Waals surface area contributed by atoms with Crippen LogP contribution in [-0.4, -0.2) is 58.4 Å². The molecule has 0 aromatic carbocycles. The van der Waals surface area contributed by atoms with Crippen molar-refractivity contribution in [3.8, 4) is 0 Å². The molecule has 8 heteroatoms. The lowest BCUT2D eigenvalue weighted by Gasteiger charge is -2.24. The van der Waals surface area contributed by atoms with Gasteiger partial charge in [-0.3, -0.25) is 0 Å². The minimum absolute atomic E-state index is 0. The lowest BCUT2D eigenvalue weighted by atomic mass is 10.0. The standard InChI is InChI=1S/C10H25ClN3O2S.ClH/c1-10(2,13-11)6-9-17(15,16)12-7-8-14(3,4)5;/h12-13H,6-9H2,1-5H3;1H/q+1;/p-1. The molecule has 0 aliphatic heterocycles. The van der Waals surface area contributed by atoms with Gasteiger partial charge in [-0.1, -0.05) is 0 Å². The van der Waals surface area contributed by atoms with Gasteiger partial charge in [-0.05, 0) is 32.0 Å². The van der Waals surface area contributed by atoms with Crippen LogP contribution in [0.3, 0.4) is 0 Å². The van der Waals surface area contributed by atoms with E-state index in [4.69, 9.17) is 11.8 Å². The number of likely N-dealkylation sites (N-methyl/N-ethyl adjacent to an activating group) is 1. The first-order chi connectivity index (χ1) is 7.47. The maximum atomic E-state index is 11.7. The first-order valence-electron chi connectivity index (χ1n) is 5.63. The summed E-state index contributed by atoms with van der Waals surface area (Å²) in [5, 5.41) is 0. The number of sulfonamides is 1. The van der Waals surface area contributed by atoms with Crippen molar-refractivity contribution in [1.29, 1.82) is 0 Å². The Kier molecular flexibility index (Phi) is 9.06. The fraction of sp³-hybridized carbons (Fsp3) is 1.00. The molecule has 0 saturated heterocycles. The van der Waals surface area contributed by atoms with Gasteiger partial charge in [0, 0.05) is 5.54 Å². The van der Waals surface area contributed by atoms with E-state index >= 15 is 0 Å². The summed E-state index contributed by atoms with van der Waals surface area (Å²) < 4.78 is 26.7. The van der Waals surface area contributed by atoms with Crippen LogP contribution in [0.15, 0.2) is 0 Å². The van der Waals surface area contributed by atoms with E-state index < -0.39 is 10.0 Å². The van der Waals surface area contributed by atoms with Crippen LogP contribution < -0.4 is 22.0 Å². The van der Waals surface area contributed by atoms with Crippen molar-refractivity contribution in [3.05, 3.63) is 0 Å². The molecular weight excluding hydrogens is 297 g/mol. The second-order valence-corrected chi connectivity index (χ2v) is 8.07. The predicted molar refractivity (Wildman–Crippen MR) is 72.4 cm³/mol. The maximum absolute atomic E-state index is 11.7. The SMILES string of the molecule is CC(C)(CCS(=O)(=O)NCC[N+](C)(C)C)NCl.[Cl-]. The van der Waals surface area contributed by atoms with Crippen LogP contribution in [0.5, 0.6) is 0 Å². The molecule has 0 saturated carbocycles. The Balaban J connectivity index is 0. The van der Waals surface area contributed by atoms with Crippen LogP contribution in [0.25, 0.3) is 0 Å². The van der Waals surface area contributed by atoms with E-state index in [9.17, 15) is 8.42 Å². The second-order valence-electron chi connectivity index (χ2n) is 5.96. The van der Waals surface area contributed by atoms with Gasteiger partial charge in [-0.15, -0.1) is 0 Å². The molecule has 0 aromatic rings. The number of hydrogen-bond donors (Lipinski definition) is 2. The van der Waals surface area contributed by atoms with Crippen molar-refractivity contribution in [1.82, 2.24) is 9.56 Å². The van der Waals surface area contributed by atoms with Crippen LogP contribution in [0.4, 0.5) is 0 Å². The molecule has 0 bridgehead atoms. The number of nitrogens with one attached hydrogen (secondary N) is 2. The van der Waals surface area contributed by atoms with Crippen molar-refractivity contribution in [2.75, 3.05) is 40.0 Å². The highest BCUT2D eigenvalue weighted by atomic mass is 35.5. The number of halogens is 2. The molecule has 0 atom stereocenters. The molecule has 0 aliphatic carbocycles. The summed E-state index contributed by atoms with van der Waals surface area (Å²) in [6.07, 6.45) is 0.468. The first-order valence-corrected chi connectivity index (χ1v) is 7.66. The summed E-state index contributed by atoms with van der Waals surface area (Å²) in [4.78, 5) is 2.57. The zero-order valence-electron chi connectivity index (χ0n) is 11.8. The number of rotatable bonds is 8. The topological polar surface area (TPSA) is 58.2 Å². The number of hydrogen-bond acceptors (Lipinski definition) is 3. The van der Waals surface area contributed by atoms with Gasteiger partial charge >= 0.3 is 0 Å². The molecule has 0 unspecified atom stereocenters. The van der Waals surface area contributed by atoms with Crippen LogP contribution in [0.2, 0.25) is 0 Å². The van der Waals surface area contributed by atoms with E-state index in [0.29, 0.717) is 13.0 Å². The third kappa shape index (κ3) is 11.5. The van der Waals surface area contributed by atoms with Gasteiger partial charge in [0.15, 0.2) is 0 Å². The van der Waals surface area contributed by atoms with Gasteiger partial charge < -0.3 is 16.9 Å². The molecule has 112 valence electrons. The average molecular weight is 322 g/mol. The van der Waals surface area contributed by atoms with E-state index in [2.05, 4.69) is 9.56 Å². The van der Waals surface area contributed by atoms with Gasteiger partial charge in [-0.25, -0.2) is 18.0 Å². The lowest BCUT2D eigenvalue weighted by Crippen LogP contribution is -3.00. The molecule has 0 heterocycles. The van der Waals surface area contributed by atoms with Crippen LogP contribution in [0, 0.1) is 0 Å². The van der Waals surface area contributed by atoms with E-state index in [1.165, 1.54) is 0 Å². The molecule has 0 aliphatic rings. The van der Waals surface area contributed by atoms with Crippen molar-refractivity contribution in [3.63, 3.8) is 0 Å². The molecule has 0 aromatic heterocycles. The molecule has 0 amide bonds. The summed E-state index contributed by atoms with van der Waals surface area (Å²) >= 11 is 5.52. The van der Waals surface area contributed by atoms with E-state index in [1.807, 2.05) is 35.0 Å². The lowest BCUT2D eigenvalue weighted by molar-refractivity contribution is -0.869.